The summed E-state index contributed by atoms with van der Waals surface area (Å²) in [5, 5.41) is 3.76. The maximum Gasteiger partial charge on any atom is 0.338 e. The summed E-state index contributed by atoms with van der Waals surface area (Å²) in [5.41, 5.74) is 5.03. The number of thioether (sulfide) groups is 1. The first-order valence-electron chi connectivity index (χ1n) is 9.92. The van der Waals surface area contributed by atoms with Crippen LogP contribution in [0.3, 0.4) is 0 Å². The second-order valence-electron chi connectivity index (χ2n) is 6.67. The molecule has 0 radical (unpaired) electrons. The van der Waals surface area contributed by atoms with E-state index in [1.54, 1.807) is 55.1 Å². The molecule has 1 N–H and O–H groups in total. The Labute approximate surface area is 185 Å². The Morgan fingerprint density at radius 1 is 1.10 bits per heavy atom. The third-order valence-electron chi connectivity index (χ3n) is 4.39. The van der Waals surface area contributed by atoms with Crippen LogP contribution in [-0.4, -0.2) is 29.9 Å². The summed E-state index contributed by atoms with van der Waals surface area (Å²) in [4.78, 5) is 23.9. The Morgan fingerprint density at radius 2 is 1.84 bits per heavy atom. The van der Waals surface area contributed by atoms with Crippen LogP contribution < -0.4 is 5.43 Å². The molecule has 1 atom stereocenters. The lowest BCUT2D eigenvalue weighted by atomic mass is 10.1. The monoisotopic (exact) mass is 436 g/mol. The molecule has 1 amide bonds. The summed E-state index contributed by atoms with van der Waals surface area (Å²) in [7, 11) is 0. The molecule has 0 saturated carbocycles. The summed E-state index contributed by atoms with van der Waals surface area (Å²) in [6.45, 7) is 3.96. The van der Waals surface area contributed by atoms with Crippen LogP contribution in [0, 0.1) is 0 Å². The minimum Gasteiger partial charge on any atom is -0.462 e. The second kappa shape index (κ2) is 11.2. The third kappa shape index (κ3) is 6.58. The van der Waals surface area contributed by atoms with E-state index in [1.807, 2.05) is 37.3 Å². The summed E-state index contributed by atoms with van der Waals surface area (Å²) in [5.74, 6) is 1.38. The third-order valence-corrected chi connectivity index (χ3v) is 5.60. The normalized spacial score (nSPS) is 11.9. The predicted octanol–water partition coefficient (Wildman–Crippen LogP) is 4.90. The fraction of sp³-hybridized carbons (Fsp3) is 0.208. The molecule has 6 nitrogen and oxygen atoms in total. The van der Waals surface area contributed by atoms with Crippen LogP contribution >= 0.6 is 11.8 Å². The lowest BCUT2D eigenvalue weighted by Crippen LogP contribution is -2.26. The van der Waals surface area contributed by atoms with E-state index in [1.165, 1.54) is 11.8 Å². The fourth-order valence-corrected chi connectivity index (χ4v) is 3.52. The maximum absolute atomic E-state index is 12.2. The average Bonchev–Trinajstić information content (AvgIpc) is 3.27. The Morgan fingerprint density at radius 3 is 2.55 bits per heavy atom. The van der Waals surface area contributed by atoms with Gasteiger partial charge >= 0.3 is 5.97 Å². The zero-order valence-electron chi connectivity index (χ0n) is 17.4. The zero-order valence-corrected chi connectivity index (χ0v) is 18.2. The Balaban J connectivity index is 1.50. The summed E-state index contributed by atoms with van der Waals surface area (Å²) in [6.07, 6.45) is 1.46. The number of furan rings is 1. The first-order chi connectivity index (χ1) is 15.1. The first-order valence-corrected chi connectivity index (χ1v) is 11.0. The van der Waals surface area contributed by atoms with Crippen molar-refractivity contribution in [2.45, 2.75) is 24.9 Å². The van der Waals surface area contributed by atoms with Gasteiger partial charge in [-0.25, -0.2) is 10.2 Å². The molecule has 31 heavy (non-hydrogen) atoms. The van der Waals surface area contributed by atoms with Crippen LogP contribution in [0.4, 0.5) is 0 Å². The van der Waals surface area contributed by atoms with Gasteiger partial charge in [0.2, 0.25) is 0 Å². The first kappa shape index (κ1) is 22.4. The largest absolute Gasteiger partial charge is 0.462 e. The van der Waals surface area contributed by atoms with E-state index in [0.29, 0.717) is 23.7 Å². The van der Waals surface area contributed by atoms with Crippen molar-refractivity contribution >= 4 is 29.9 Å². The molecule has 0 fully saturated rings. The number of hydrogen-bond donors (Lipinski definition) is 1. The molecule has 3 aromatic rings. The highest BCUT2D eigenvalue weighted by Gasteiger charge is 2.13. The molecule has 160 valence electrons. The molecule has 1 aromatic heterocycles. The molecule has 0 unspecified atom stereocenters. The van der Waals surface area contributed by atoms with Gasteiger partial charge in [0.25, 0.3) is 5.91 Å². The van der Waals surface area contributed by atoms with Crippen molar-refractivity contribution in [1.82, 2.24) is 5.43 Å². The summed E-state index contributed by atoms with van der Waals surface area (Å²) < 4.78 is 10.7. The van der Waals surface area contributed by atoms with Gasteiger partial charge in [-0.3, -0.25) is 4.79 Å². The molecule has 1 heterocycles. The Bertz CT molecular complexity index is 1030. The van der Waals surface area contributed by atoms with E-state index in [0.717, 1.165) is 11.3 Å². The van der Waals surface area contributed by atoms with Gasteiger partial charge in [0.15, 0.2) is 0 Å². The van der Waals surface area contributed by atoms with Crippen molar-refractivity contribution in [2.75, 3.05) is 6.61 Å². The predicted molar refractivity (Wildman–Crippen MR) is 123 cm³/mol. The molecule has 0 aliphatic heterocycles. The summed E-state index contributed by atoms with van der Waals surface area (Å²) >= 11 is 1.55. The van der Waals surface area contributed by atoms with Crippen LogP contribution in [-0.2, 0) is 15.3 Å². The molecular formula is C24H24N2O4S. The van der Waals surface area contributed by atoms with E-state index in [9.17, 15) is 9.59 Å². The quantitative estimate of drug-likeness (QED) is 0.293. The van der Waals surface area contributed by atoms with Gasteiger partial charge in [-0.15, -0.1) is 11.8 Å². The van der Waals surface area contributed by atoms with Crippen molar-refractivity contribution in [3.8, 4) is 11.3 Å². The Kier molecular flexibility index (Phi) is 8.06. The molecule has 0 bridgehead atoms. The van der Waals surface area contributed by atoms with Crippen LogP contribution in [0.2, 0.25) is 0 Å². The van der Waals surface area contributed by atoms with Gasteiger partial charge in [-0.05, 0) is 43.7 Å². The van der Waals surface area contributed by atoms with Crippen molar-refractivity contribution in [1.29, 1.82) is 0 Å². The molecule has 3 rings (SSSR count). The number of amides is 1. The Hall–Kier alpha value is -3.32. The number of carbonyl (C=O) groups excluding carboxylic acids is 2. The molecule has 0 aliphatic rings. The molecule has 7 heteroatoms. The standard InChI is InChI=1S/C24H24N2O4S/c1-3-29-24(28)20-11-9-19(10-12-20)22-14-13-21(30-22)15-25-26-23(27)17(2)31-16-18-7-5-4-6-8-18/h4-15,17H,3,16H2,1-2H3,(H,26,27)/b25-15-/t17-/m1/s1. The maximum atomic E-state index is 12.2. The lowest BCUT2D eigenvalue weighted by Gasteiger charge is -2.09. The minimum atomic E-state index is -0.354. The summed E-state index contributed by atoms with van der Waals surface area (Å²) in [6, 6.07) is 20.5. The number of ether oxygens (including phenoxy) is 1. The number of nitrogens with zero attached hydrogens (tertiary/aromatic N) is 1. The fourth-order valence-electron chi connectivity index (χ4n) is 2.68. The van der Waals surface area contributed by atoms with Gasteiger partial charge in [0.05, 0.1) is 23.6 Å². The zero-order chi connectivity index (χ0) is 22.1. The second-order valence-corrected chi connectivity index (χ2v) is 8.00. The average molecular weight is 437 g/mol. The number of nitrogens with one attached hydrogen (secondary N) is 1. The highest BCUT2D eigenvalue weighted by Crippen LogP contribution is 2.22. The van der Waals surface area contributed by atoms with Gasteiger partial charge < -0.3 is 9.15 Å². The van der Waals surface area contributed by atoms with Gasteiger partial charge in [0.1, 0.15) is 11.5 Å². The number of esters is 1. The number of benzene rings is 2. The number of hydrazone groups is 1. The van der Waals surface area contributed by atoms with Crippen LogP contribution in [0.25, 0.3) is 11.3 Å². The smallest absolute Gasteiger partial charge is 0.338 e. The number of rotatable bonds is 9. The van der Waals surface area contributed by atoms with E-state index in [4.69, 9.17) is 9.15 Å². The highest BCUT2D eigenvalue weighted by atomic mass is 32.2. The van der Waals surface area contributed by atoms with Gasteiger partial charge in [0, 0.05) is 11.3 Å². The lowest BCUT2D eigenvalue weighted by molar-refractivity contribution is -0.120. The van der Waals surface area contributed by atoms with E-state index >= 15 is 0 Å². The molecule has 0 aliphatic carbocycles. The molecule has 0 spiro atoms. The molecular weight excluding hydrogens is 412 g/mol. The number of hydrogen-bond acceptors (Lipinski definition) is 6. The van der Waals surface area contributed by atoms with E-state index < -0.39 is 0 Å². The van der Waals surface area contributed by atoms with Crippen LogP contribution in [0.5, 0.6) is 0 Å². The van der Waals surface area contributed by atoms with Crippen molar-refractivity contribution in [2.24, 2.45) is 5.10 Å². The van der Waals surface area contributed by atoms with Gasteiger partial charge in [-0.1, -0.05) is 42.5 Å². The van der Waals surface area contributed by atoms with E-state index in [2.05, 4.69) is 10.5 Å². The molecule has 0 saturated heterocycles. The van der Waals surface area contributed by atoms with Crippen molar-refractivity contribution in [3.05, 3.63) is 83.6 Å². The highest BCUT2D eigenvalue weighted by molar-refractivity contribution is 7.99. The van der Waals surface area contributed by atoms with Crippen molar-refractivity contribution < 1.29 is 18.7 Å². The molecule has 2 aromatic carbocycles. The minimum absolute atomic E-state index is 0.168. The van der Waals surface area contributed by atoms with Crippen LogP contribution in [0.15, 0.2) is 76.2 Å². The topological polar surface area (TPSA) is 80.9 Å². The van der Waals surface area contributed by atoms with Gasteiger partial charge in [-0.2, -0.15) is 5.10 Å². The van der Waals surface area contributed by atoms with E-state index in [-0.39, 0.29) is 17.1 Å². The van der Waals surface area contributed by atoms with Crippen molar-refractivity contribution in [3.63, 3.8) is 0 Å². The number of carbonyl (C=O) groups is 2. The SMILES string of the molecule is CCOC(=O)c1ccc(-c2ccc(/C=N\NC(=O)[C@@H](C)SCc3ccccc3)o2)cc1. The van der Waals surface area contributed by atoms with Crippen LogP contribution in [0.1, 0.15) is 35.5 Å².